The summed E-state index contributed by atoms with van der Waals surface area (Å²) in [6.07, 6.45) is 10.6. The fourth-order valence-corrected chi connectivity index (χ4v) is 4.67. The third-order valence-corrected chi connectivity index (χ3v) is 5.98. The second-order valence-electron chi connectivity index (χ2n) is 8.74. The first-order valence-corrected chi connectivity index (χ1v) is 10.1. The molecule has 0 bridgehead atoms. The smallest absolute Gasteiger partial charge is 0.250 e. The molecule has 3 atom stereocenters. The Bertz CT molecular complexity index is 723. The van der Waals surface area contributed by atoms with Gasteiger partial charge in [0.05, 0.1) is 6.10 Å². The molecule has 0 radical (unpaired) electrons. The lowest BCUT2D eigenvalue weighted by molar-refractivity contribution is -0.734. The van der Waals surface area contributed by atoms with E-state index in [0.717, 1.165) is 5.92 Å². The van der Waals surface area contributed by atoms with Crippen molar-refractivity contribution in [3.05, 3.63) is 47.5 Å². The molecule has 1 fully saturated rings. The quantitative estimate of drug-likeness (QED) is 0.680. The highest BCUT2D eigenvalue weighted by molar-refractivity contribution is 5.48. The normalized spacial score (nSPS) is 23.6. The first-order chi connectivity index (χ1) is 12.3. The largest absolute Gasteiger partial charge is 0.338 e. The number of hydrogen-bond acceptors (Lipinski definition) is 1. The van der Waals surface area contributed by atoms with E-state index < -0.39 is 0 Å². The molecule has 1 saturated carbocycles. The third-order valence-electron chi connectivity index (χ3n) is 5.98. The zero-order valence-electron chi connectivity index (χ0n) is 17.3. The average Bonchev–Trinajstić information content (AvgIpc) is 3.00. The lowest BCUT2D eigenvalue weighted by atomic mass is 9.75. The minimum atomic E-state index is 0.387. The summed E-state index contributed by atoms with van der Waals surface area (Å²) in [5, 5.41) is 0. The van der Waals surface area contributed by atoms with Crippen LogP contribution in [0.4, 0.5) is 0 Å². The summed E-state index contributed by atoms with van der Waals surface area (Å²) in [5.41, 5.74) is 5.22. The molecule has 1 aliphatic carbocycles. The highest BCUT2D eigenvalue weighted by Crippen LogP contribution is 2.35. The van der Waals surface area contributed by atoms with Gasteiger partial charge in [-0.1, -0.05) is 44.9 Å². The summed E-state index contributed by atoms with van der Waals surface area (Å²) < 4.78 is 10.8. The molecule has 1 aliphatic rings. The molecule has 3 nitrogen and oxygen atoms in total. The topological polar surface area (TPSA) is 18.0 Å². The number of benzene rings is 1. The lowest BCUT2D eigenvalue weighted by Gasteiger charge is -2.36. The summed E-state index contributed by atoms with van der Waals surface area (Å²) >= 11 is 0. The van der Waals surface area contributed by atoms with Crippen LogP contribution in [0, 0.1) is 38.5 Å². The van der Waals surface area contributed by atoms with Crippen molar-refractivity contribution in [2.24, 2.45) is 17.8 Å². The minimum absolute atomic E-state index is 0.387. The highest BCUT2D eigenvalue weighted by Gasteiger charge is 2.31. The molecule has 2 aromatic rings. The molecule has 0 amide bonds. The van der Waals surface area contributed by atoms with Gasteiger partial charge in [-0.05, 0) is 62.5 Å². The molecule has 0 aliphatic heterocycles. The maximum absolute atomic E-state index is 6.39. The van der Waals surface area contributed by atoms with E-state index >= 15 is 0 Å². The van der Waals surface area contributed by atoms with Crippen molar-refractivity contribution in [2.75, 3.05) is 0 Å². The van der Waals surface area contributed by atoms with Gasteiger partial charge in [0.1, 0.15) is 18.1 Å². The second kappa shape index (κ2) is 7.96. The molecule has 0 spiro atoms. The van der Waals surface area contributed by atoms with E-state index in [1.807, 2.05) is 0 Å². The van der Waals surface area contributed by atoms with Crippen molar-refractivity contribution in [1.82, 2.24) is 4.57 Å². The predicted octanol–water partition coefficient (Wildman–Crippen LogP) is 5.12. The van der Waals surface area contributed by atoms with Gasteiger partial charge in [-0.3, -0.25) is 0 Å². The summed E-state index contributed by atoms with van der Waals surface area (Å²) in [4.78, 5) is 0. The summed E-state index contributed by atoms with van der Waals surface area (Å²) in [6, 6.07) is 4.50. The van der Waals surface area contributed by atoms with Gasteiger partial charge in [-0.2, -0.15) is 0 Å². The van der Waals surface area contributed by atoms with Crippen LogP contribution in [0.3, 0.4) is 0 Å². The predicted molar refractivity (Wildman–Crippen MR) is 106 cm³/mol. The molecule has 1 heterocycles. The van der Waals surface area contributed by atoms with E-state index in [9.17, 15) is 0 Å². The van der Waals surface area contributed by atoms with Gasteiger partial charge in [0, 0.05) is 0 Å². The SMILES string of the molecule is Cc1cc(C)c(-n2cc[n+](CO[C@@H]3C[C@H](C)CC[C@H]3C(C)C)c2)c(C)c1. The van der Waals surface area contributed by atoms with Gasteiger partial charge < -0.3 is 4.74 Å². The van der Waals surface area contributed by atoms with Gasteiger partial charge >= 0.3 is 0 Å². The van der Waals surface area contributed by atoms with Crippen molar-refractivity contribution in [3.63, 3.8) is 0 Å². The van der Waals surface area contributed by atoms with Crippen LogP contribution in [0.2, 0.25) is 0 Å². The van der Waals surface area contributed by atoms with Crippen molar-refractivity contribution in [3.8, 4) is 5.69 Å². The number of nitrogens with zero attached hydrogens (tertiary/aromatic N) is 2. The van der Waals surface area contributed by atoms with Crippen LogP contribution < -0.4 is 4.57 Å². The molecule has 0 saturated heterocycles. The van der Waals surface area contributed by atoms with Crippen LogP contribution >= 0.6 is 0 Å². The Labute approximate surface area is 159 Å². The van der Waals surface area contributed by atoms with Crippen molar-refractivity contribution < 1.29 is 9.30 Å². The number of ether oxygens (including phenoxy) is 1. The summed E-state index contributed by atoms with van der Waals surface area (Å²) in [7, 11) is 0. The molecule has 142 valence electrons. The second-order valence-corrected chi connectivity index (χ2v) is 8.74. The molecular formula is C23H35N2O+. The molecular weight excluding hydrogens is 320 g/mol. The van der Waals surface area contributed by atoms with Crippen molar-refractivity contribution >= 4 is 0 Å². The van der Waals surface area contributed by atoms with Crippen LogP contribution in [0.5, 0.6) is 0 Å². The molecule has 3 rings (SSSR count). The Morgan fingerprint density at radius 1 is 1.15 bits per heavy atom. The fraction of sp³-hybridized carbons (Fsp3) is 0.609. The third kappa shape index (κ3) is 4.20. The van der Waals surface area contributed by atoms with E-state index in [2.05, 4.69) is 81.5 Å². The summed E-state index contributed by atoms with van der Waals surface area (Å²) in [6.45, 7) is 14.2. The van der Waals surface area contributed by atoms with Crippen LogP contribution in [0.1, 0.15) is 56.7 Å². The molecule has 26 heavy (non-hydrogen) atoms. The van der Waals surface area contributed by atoms with Gasteiger partial charge in [-0.25, -0.2) is 9.13 Å². The molecule has 1 aromatic carbocycles. The lowest BCUT2D eigenvalue weighted by Crippen LogP contribution is -2.40. The Morgan fingerprint density at radius 3 is 2.50 bits per heavy atom. The van der Waals surface area contributed by atoms with Gasteiger partial charge in [0.2, 0.25) is 0 Å². The Morgan fingerprint density at radius 2 is 1.85 bits per heavy atom. The minimum Gasteiger partial charge on any atom is -0.338 e. The summed E-state index contributed by atoms with van der Waals surface area (Å²) in [5.74, 6) is 2.16. The van der Waals surface area contributed by atoms with Crippen molar-refractivity contribution in [2.45, 2.75) is 73.6 Å². The van der Waals surface area contributed by atoms with E-state index in [1.165, 1.54) is 41.6 Å². The molecule has 1 aromatic heterocycles. The monoisotopic (exact) mass is 355 g/mol. The van der Waals surface area contributed by atoms with Gasteiger partial charge in [0.15, 0.2) is 6.73 Å². The maximum Gasteiger partial charge on any atom is 0.250 e. The first kappa shape index (κ1) is 19.2. The van der Waals surface area contributed by atoms with E-state index in [4.69, 9.17) is 4.74 Å². The molecule has 0 N–H and O–H groups in total. The Kier molecular flexibility index (Phi) is 5.86. The van der Waals surface area contributed by atoms with Crippen LogP contribution in [0.15, 0.2) is 30.9 Å². The number of imidazole rings is 1. The van der Waals surface area contributed by atoms with Crippen LogP contribution in [-0.4, -0.2) is 10.7 Å². The Hall–Kier alpha value is -1.61. The fourth-order valence-electron chi connectivity index (χ4n) is 4.67. The number of aryl methyl sites for hydroxylation is 3. The van der Waals surface area contributed by atoms with Crippen molar-refractivity contribution in [1.29, 1.82) is 0 Å². The number of rotatable bonds is 5. The standard InChI is InChI=1S/C23H35N2O/c1-16(2)21-8-7-17(3)13-22(21)26-15-24-9-10-25(14-24)23-19(5)11-18(4)12-20(23)6/h9-12,14,16-17,21-22H,7-8,13,15H2,1-6H3/q+1/t17-,21+,22-/m1/s1. The number of hydrogen-bond donors (Lipinski definition) is 0. The van der Waals surface area contributed by atoms with Crippen LogP contribution in [-0.2, 0) is 11.5 Å². The number of aromatic nitrogens is 2. The average molecular weight is 356 g/mol. The van der Waals surface area contributed by atoms with Gasteiger partial charge in [-0.15, -0.1) is 0 Å². The zero-order valence-corrected chi connectivity index (χ0v) is 17.3. The Balaban J connectivity index is 1.71. The van der Waals surface area contributed by atoms with E-state index in [0.29, 0.717) is 24.7 Å². The maximum atomic E-state index is 6.39. The van der Waals surface area contributed by atoms with E-state index in [1.54, 1.807) is 0 Å². The zero-order chi connectivity index (χ0) is 18.8. The first-order valence-electron chi connectivity index (χ1n) is 10.1. The molecule has 0 unspecified atom stereocenters. The van der Waals surface area contributed by atoms with Crippen LogP contribution in [0.25, 0.3) is 5.69 Å². The van der Waals surface area contributed by atoms with E-state index in [-0.39, 0.29) is 0 Å². The van der Waals surface area contributed by atoms with Gasteiger partial charge in [0.25, 0.3) is 6.33 Å². The highest BCUT2D eigenvalue weighted by atomic mass is 16.5. The molecule has 3 heteroatoms.